The molecule has 2 aliphatic heterocycles. The molecule has 1 fully saturated rings. The van der Waals surface area contributed by atoms with Crippen molar-refractivity contribution in [3.63, 3.8) is 0 Å². The third-order valence-electron chi connectivity index (χ3n) is 5.32. The van der Waals surface area contributed by atoms with Gasteiger partial charge in [0.25, 0.3) is 0 Å². The quantitative estimate of drug-likeness (QED) is 0.678. The van der Waals surface area contributed by atoms with Gasteiger partial charge in [0.2, 0.25) is 5.91 Å². The van der Waals surface area contributed by atoms with E-state index in [0.717, 1.165) is 49.8 Å². The summed E-state index contributed by atoms with van der Waals surface area (Å²) in [5, 5.41) is 12.4. The molecule has 1 unspecified atom stereocenters. The summed E-state index contributed by atoms with van der Waals surface area (Å²) in [4.78, 5) is 18.7. The second kappa shape index (κ2) is 6.84. The molecule has 0 radical (unpaired) electrons. The maximum atomic E-state index is 13.2. The molecule has 5 rings (SSSR count). The highest BCUT2D eigenvalue weighted by atomic mass is 32.2. The molecule has 1 aromatic carbocycles. The van der Waals surface area contributed by atoms with Crippen molar-refractivity contribution in [3.05, 3.63) is 48.3 Å². The number of rotatable bonds is 2. The van der Waals surface area contributed by atoms with Crippen LogP contribution in [0, 0.1) is 0 Å². The SMILES string of the molecule is O=C(C1CCSc2ccccc21)N1CCN(c2ccc3nncn3n2)CC1. The molecule has 0 spiro atoms. The standard InChI is InChI=1S/C19H20N6OS/c26-19(15-7-12-27-16-4-2-1-3-14(15)16)24-10-8-23(9-11-24)18-6-5-17-21-20-13-25(17)22-18/h1-6,13,15H,7-12H2. The highest BCUT2D eigenvalue weighted by molar-refractivity contribution is 7.99. The van der Waals surface area contributed by atoms with Crippen LogP contribution in [-0.4, -0.2) is 62.6 Å². The van der Waals surface area contributed by atoms with E-state index in [1.807, 2.05) is 34.9 Å². The molecule has 0 bridgehead atoms. The summed E-state index contributed by atoms with van der Waals surface area (Å²) >= 11 is 1.86. The van der Waals surface area contributed by atoms with Crippen LogP contribution in [0.15, 0.2) is 47.6 Å². The summed E-state index contributed by atoms with van der Waals surface area (Å²) in [6, 6.07) is 12.2. The fourth-order valence-corrected chi connectivity index (χ4v) is 4.99. The first-order valence-corrected chi connectivity index (χ1v) is 10.2. The lowest BCUT2D eigenvalue weighted by Crippen LogP contribution is -2.50. The first-order valence-electron chi connectivity index (χ1n) is 9.22. The van der Waals surface area contributed by atoms with Gasteiger partial charge >= 0.3 is 0 Å². The molecular weight excluding hydrogens is 360 g/mol. The molecule has 1 amide bonds. The van der Waals surface area contributed by atoms with Crippen LogP contribution >= 0.6 is 11.8 Å². The van der Waals surface area contributed by atoms with Gasteiger partial charge in [-0.25, -0.2) is 0 Å². The van der Waals surface area contributed by atoms with E-state index in [-0.39, 0.29) is 11.8 Å². The van der Waals surface area contributed by atoms with Crippen LogP contribution in [0.5, 0.6) is 0 Å². The fourth-order valence-electron chi connectivity index (χ4n) is 3.86. The average Bonchev–Trinajstić information content (AvgIpc) is 3.21. The smallest absolute Gasteiger partial charge is 0.230 e. The van der Waals surface area contributed by atoms with Crippen molar-refractivity contribution in [3.8, 4) is 0 Å². The van der Waals surface area contributed by atoms with Crippen LogP contribution < -0.4 is 4.90 Å². The molecule has 7 nitrogen and oxygen atoms in total. The Bertz CT molecular complexity index is 981. The molecule has 27 heavy (non-hydrogen) atoms. The van der Waals surface area contributed by atoms with E-state index in [9.17, 15) is 4.79 Å². The van der Waals surface area contributed by atoms with Crippen molar-refractivity contribution in [1.29, 1.82) is 0 Å². The van der Waals surface area contributed by atoms with Crippen LogP contribution in [0.1, 0.15) is 17.9 Å². The number of thioether (sulfide) groups is 1. The van der Waals surface area contributed by atoms with Crippen LogP contribution in [0.2, 0.25) is 0 Å². The van der Waals surface area contributed by atoms with Gasteiger partial charge < -0.3 is 9.80 Å². The minimum Gasteiger partial charge on any atom is -0.352 e. The Morgan fingerprint density at radius 3 is 2.81 bits per heavy atom. The Morgan fingerprint density at radius 2 is 1.93 bits per heavy atom. The van der Waals surface area contributed by atoms with E-state index in [1.165, 1.54) is 10.5 Å². The molecule has 8 heteroatoms. The predicted octanol–water partition coefficient (Wildman–Crippen LogP) is 2.05. The third-order valence-corrected chi connectivity index (χ3v) is 6.44. The molecule has 0 saturated carbocycles. The van der Waals surface area contributed by atoms with Crippen LogP contribution in [0.4, 0.5) is 5.82 Å². The molecule has 138 valence electrons. The van der Waals surface area contributed by atoms with Gasteiger partial charge in [-0.15, -0.1) is 27.1 Å². The number of hydrogen-bond donors (Lipinski definition) is 0. The minimum absolute atomic E-state index is 0.000461. The first-order chi connectivity index (χ1) is 13.3. The third kappa shape index (κ3) is 3.03. The molecule has 1 saturated heterocycles. The molecule has 3 aromatic rings. The summed E-state index contributed by atoms with van der Waals surface area (Å²) in [6.45, 7) is 3.03. The van der Waals surface area contributed by atoms with Crippen molar-refractivity contribution in [2.45, 2.75) is 17.2 Å². The van der Waals surface area contributed by atoms with Gasteiger partial charge in [0.05, 0.1) is 5.92 Å². The number of nitrogens with zero attached hydrogens (tertiary/aromatic N) is 6. The van der Waals surface area contributed by atoms with E-state index in [1.54, 1.807) is 10.8 Å². The summed E-state index contributed by atoms with van der Waals surface area (Å²) in [7, 11) is 0. The highest BCUT2D eigenvalue weighted by Gasteiger charge is 2.32. The lowest BCUT2D eigenvalue weighted by Gasteiger charge is -2.37. The fraction of sp³-hybridized carbons (Fsp3) is 0.368. The Morgan fingerprint density at radius 1 is 1.07 bits per heavy atom. The van der Waals surface area contributed by atoms with Gasteiger partial charge in [-0.1, -0.05) is 18.2 Å². The van der Waals surface area contributed by atoms with Gasteiger partial charge in [0.15, 0.2) is 5.65 Å². The van der Waals surface area contributed by atoms with Crippen molar-refractivity contribution in [2.75, 3.05) is 36.8 Å². The van der Waals surface area contributed by atoms with Gasteiger partial charge in [0, 0.05) is 31.1 Å². The summed E-state index contributed by atoms with van der Waals surface area (Å²) in [5.74, 6) is 2.18. The average molecular weight is 380 g/mol. The maximum absolute atomic E-state index is 13.2. The summed E-state index contributed by atoms with van der Waals surface area (Å²) in [6.07, 6.45) is 2.53. The van der Waals surface area contributed by atoms with Crippen LogP contribution in [-0.2, 0) is 4.79 Å². The summed E-state index contributed by atoms with van der Waals surface area (Å²) < 4.78 is 1.68. The molecule has 0 N–H and O–H groups in total. The van der Waals surface area contributed by atoms with E-state index in [4.69, 9.17) is 0 Å². The van der Waals surface area contributed by atoms with E-state index in [0.29, 0.717) is 0 Å². The Hall–Kier alpha value is -2.61. The second-order valence-electron chi connectivity index (χ2n) is 6.87. The van der Waals surface area contributed by atoms with Gasteiger partial charge in [-0.3, -0.25) is 4.79 Å². The molecule has 4 heterocycles. The number of fused-ring (bicyclic) bond motifs is 2. The van der Waals surface area contributed by atoms with Crippen molar-refractivity contribution >= 4 is 29.1 Å². The van der Waals surface area contributed by atoms with E-state index < -0.39 is 0 Å². The highest BCUT2D eigenvalue weighted by Crippen LogP contribution is 2.38. The Labute approximate surface area is 161 Å². The lowest BCUT2D eigenvalue weighted by molar-refractivity contribution is -0.133. The molecule has 2 aliphatic rings. The normalized spacial score (nSPS) is 19.9. The number of carbonyl (C=O) groups excluding carboxylic acids is 1. The number of piperazine rings is 1. The molecule has 2 aromatic heterocycles. The monoisotopic (exact) mass is 380 g/mol. The van der Waals surface area contributed by atoms with Crippen molar-refractivity contribution in [2.24, 2.45) is 0 Å². The molecule has 0 aliphatic carbocycles. The van der Waals surface area contributed by atoms with Crippen LogP contribution in [0.25, 0.3) is 5.65 Å². The first kappa shape index (κ1) is 16.6. The predicted molar refractivity (Wildman–Crippen MR) is 104 cm³/mol. The lowest BCUT2D eigenvalue weighted by atomic mass is 9.94. The summed E-state index contributed by atoms with van der Waals surface area (Å²) in [5.41, 5.74) is 1.93. The van der Waals surface area contributed by atoms with Gasteiger partial charge in [-0.2, -0.15) is 4.52 Å². The number of amides is 1. The number of benzene rings is 1. The van der Waals surface area contributed by atoms with Gasteiger partial charge in [-0.05, 0) is 35.9 Å². The Kier molecular flexibility index (Phi) is 4.20. The van der Waals surface area contributed by atoms with Gasteiger partial charge in [0.1, 0.15) is 12.1 Å². The Balaban J connectivity index is 1.28. The van der Waals surface area contributed by atoms with Crippen LogP contribution in [0.3, 0.4) is 0 Å². The molecular formula is C19H20N6OS. The number of carbonyl (C=O) groups is 1. The number of aromatic nitrogens is 4. The maximum Gasteiger partial charge on any atom is 0.230 e. The molecule has 1 atom stereocenters. The zero-order valence-corrected chi connectivity index (χ0v) is 15.7. The number of anilines is 1. The van der Waals surface area contributed by atoms with Crippen molar-refractivity contribution in [1.82, 2.24) is 24.7 Å². The van der Waals surface area contributed by atoms with E-state index >= 15 is 0 Å². The topological polar surface area (TPSA) is 66.6 Å². The number of hydrogen-bond acceptors (Lipinski definition) is 6. The van der Waals surface area contributed by atoms with E-state index in [2.05, 4.69) is 38.4 Å². The minimum atomic E-state index is 0.000461. The zero-order chi connectivity index (χ0) is 18.2. The largest absolute Gasteiger partial charge is 0.352 e. The van der Waals surface area contributed by atoms with Crippen molar-refractivity contribution < 1.29 is 4.79 Å². The second-order valence-corrected chi connectivity index (χ2v) is 8.00. The zero-order valence-electron chi connectivity index (χ0n) is 14.9.